The fourth-order valence-corrected chi connectivity index (χ4v) is 7.44. The third-order valence-corrected chi connectivity index (χ3v) is 8.11. The Bertz CT molecular complexity index is 860. The number of benzene rings is 3. The summed E-state index contributed by atoms with van der Waals surface area (Å²) in [4.78, 5) is 0. The van der Waals surface area contributed by atoms with Crippen LogP contribution in [0.4, 0.5) is 0 Å². The van der Waals surface area contributed by atoms with Crippen LogP contribution in [0.5, 0.6) is 0 Å². The van der Waals surface area contributed by atoms with Crippen LogP contribution in [-0.4, -0.2) is 0 Å². The van der Waals surface area contributed by atoms with Crippen LogP contribution in [0, 0.1) is 20.8 Å². The van der Waals surface area contributed by atoms with Crippen molar-refractivity contribution in [3.05, 3.63) is 88.5 Å². The van der Waals surface area contributed by atoms with E-state index in [0.717, 1.165) is 0 Å². The van der Waals surface area contributed by atoms with E-state index in [1.54, 1.807) is 0 Å². The third-order valence-electron chi connectivity index (χ3n) is 4.88. The van der Waals surface area contributed by atoms with Gasteiger partial charge in [-0.3, -0.25) is 0 Å². The van der Waals surface area contributed by atoms with Crippen molar-refractivity contribution in [2.45, 2.75) is 26.4 Å². The van der Waals surface area contributed by atoms with Crippen LogP contribution in [0.2, 0.25) is 0 Å². The van der Waals surface area contributed by atoms with Crippen LogP contribution in [0.25, 0.3) is 11.1 Å². The molecule has 0 radical (unpaired) electrons. The molecule has 2 heteroatoms. The average Bonchev–Trinajstić information content (AvgIpc) is 2.88. The SMILES string of the molecule is Cc1cc(C)c(P(Cl)C2c3ccccc3-c3ccccc32)c(C)c1. The van der Waals surface area contributed by atoms with Gasteiger partial charge in [0.1, 0.15) is 0 Å². The monoisotopic (exact) mass is 350 g/mol. The molecule has 0 heterocycles. The first-order chi connectivity index (χ1) is 11.6. The molecule has 0 saturated heterocycles. The lowest BCUT2D eigenvalue weighted by molar-refractivity contribution is 1.21. The quantitative estimate of drug-likeness (QED) is 0.454. The van der Waals surface area contributed by atoms with E-state index in [4.69, 9.17) is 11.2 Å². The van der Waals surface area contributed by atoms with Gasteiger partial charge in [-0.1, -0.05) is 77.5 Å². The minimum atomic E-state index is -0.832. The molecule has 0 fully saturated rings. The molecule has 0 saturated carbocycles. The fraction of sp³-hybridized carbons (Fsp3) is 0.182. The van der Waals surface area contributed by atoms with E-state index in [9.17, 15) is 0 Å². The van der Waals surface area contributed by atoms with Crippen LogP contribution >= 0.6 is 18.5 Å². The Morgan fingerprint density at radius 1 is 0.750 bits per heavy atom. The molecular weight excluding hydrogens is 331 g/mol. The van der Waals surface area contributed by atoms with E-state index in [1.165, 1.54) is 44.2 Å². The van der Waals surface area contributed by atoms with Gasteiger partial charge in [-0.25, -0.2) is 0 Å². The van der Waals surface area contributed by atoms with Crippen molar-refractivity contribution < 1.29 is 0 Å². The second kappa shape index (κ2) is 6.03. The zero-order valence-corrected chi connectivity index (χ0v) is 15.8. The van der Waals surface area contributed by atoms with E-state index in [0.29, 0.717) is 0 Å². The Hall–Kier alpha value is -1.62. The van der Waals surface area contributed by atoms with Crippen LogP contribution in [-0.2, 0) is 0 Å². The van der Waals surface area contributed by atoms with E-state index < -0.39 is 7.27 Å². The predicted octanol–water partition coefficient (Wildman–Crippen LogP) is 6.64. The minimum Gasteiger partial charge on any atom is -0.0901 e. The van der Waals surface area contributed by atoms with Gasteiger partial charge >= 0.3 is 0 Å². The molecule has 120 valence electrons. The van der Waals surface area contributed by atoms with Gasteiger partial charge in [-0.15, -0.1) is 0 Å². The van der Waals surface area contributed by atoms with Crippen LogP contribution in [0.15, 0.2) is 60.7 Å². The highest BCUT2D eigenvalue weighted by atomic mass is 35.7. The van der Waals surface area contributed by atoms with Gasteiger partial charge in [-0.2, -0.15) is 0 Å². The van der Waals surface area contributed by atoms with Crippen molar-refractivity contribution in [2.24, 2.45) is 0 Å². The van der Waals surface area contributed by atoms with Crippen molar-refractivity contribution in [1.29, 1.82) is 0 Å². The molecule has 3 aromatic rings. The maximum Gasteiger partial charge on any atom is 0.0483 e. The van der Waals surface area contributed by atoms with Gasteiger partial charge in [0.15, 0.2) is 0 Å². The Morgan fingerprint density at radius 2 is 1.21 bits per heavy atom. The number of hydrogen-bond donors (Lipinski definition) is 0. The molecule has 0 bridgehead atoms. The molecule has 24 heavy (non-hydrogen) atoms. The smallest absolute Gasteiger partial charge is 0.0483 e. The molecule has 0 aliphatic heterocycles. The summed E-state index contributed by atoms with van der Waals surface area (Å²) in [6, 6.07) is 22.0. The maximum absolute atomic E-state index is 7.20. The topological polar surface area (TPSA) is 0 Å². The normalized spacial score (nSPS) is 14.3. The van der Waals surface area contributed by atoms with Crippen LogP contribution in [0.3, 0.4) is 0 Å². The molecule has 1 aliphatic carbocycles. The Balaban J connectivity index is 1.91. The molecule has 1 aliphatic rings. The van der Waals surface area contributed by atoms with Crippen molar-refractivity contribution in [3.8, 4) is 11.1 Å². The van der Waals surface area contributed by atoms with Crippen molar-refractivity contribution in [3.63, 3.8) is 0 Å². The van der Waals surface area contributed by atoms with Crippen LogP contribution in [0.1, 0.15) is 33.5 Å². The Morgan fingerprint density at radius 3 is 1.71 bits per heavy atom. The lowest BCUT2D eigenvalue weighted by Crippen LogP contribution is -2.12. The Kier molecular flexibility index (Phi) is 3.99. The summed E-state index contributed by atoms with van der Waals surface area (Å²) >= 11 is 7.20. The molecule has 0 N–H and O–H groups in total. The summed E-state index contributed by atoms with van der Waals surface area (Å²) in [6.45, 7) is 6.54. The van der Waals surface area contributed by atoms with Gasteiger partial charge in [-0.05, 0) is 59.5 Å². The third kappa shape index (κ3) is 2.41. The molecular formula is C22H20ClP. The maximum atomic E-state index is 7.20. The van der Waals surface area contributed by atoms with Gasteiger partial charge in [0.25, 0.3) is 0 Å². The molecule has 0 amide bonds. The molecule has 0 spiro atoms. The lowest BCUT2D eigenvalue weighted by Gasteiger charge is -2.24. The second-order valence-corrected chi connectivity index (χ2v) is 9.31. The number of hydrogen-bond acceptors (Lipinski definition) is 0. The number of aryl methyl sites for hydroxylation is 3. The summed E-state index contributed by atoms with van der Waals surface area (Å²) in [7, 11) is -0.832. The van der Waals surface area contributed by atoms with Crippen molar-refractivity contribution in [2.75, 3.05) is 0 Å². The Labute approximate surface area is 150 Å². The number of fused-ring (bicyclic) bond motifs is 3. The van der Waals surface area contributed by atoms with Crippen molar-refractivity contribution >= 4 is 23.8 Å². The fourth-order valence-electron chi connectivity index (χ4n) is 4.01. The zero-order chi connectivity index (χ0) is 16.8. The highest BCUT2D eigenvalue weighted by Gasteiger charge is 2.35. The van der Waals surface area contributed by atoms with E-state index in [-0.39, 0.29) is 5.66 Å². The second-order valence-electron chi connectivity index (χ2n) is 6.64. The highest BCUT2D eigenvalue weighted by molar-refractivity contribution is 7.90. The molecule has 1 unspecified atom stereocenters. The molecule has 0 aromatic heterocycles. The van der Waals surface area contributed by atoms with Gasteiger partial charge in [0, 0.05) is 12.9 Å². The van der Waals surface area contributed by atoms with Gasteiger partial charge in [0.2, 0.25) is 0 Å². The first-order valence-corrected chi connectivity index (χ1v) is 10.6. The van der Waals surface area contributed by atoms with E-state index >= 15 is 0 Å². The first-order valence-electron chi connectivity index (χ1n) is 8.29. The standard InChI is InChI=1S/C22H20ClP/c1-14-12-15(2)21(16(3)13-14)24(23)22-19-10-6-4-8-17(19)18-9-5-7-11-20(18)22/h4-13,22H,1-3H3. The molecule has 4 rings (SSSR count). The summed E-state index contributed by atoms with van der Waals surface area (Å²) in [5.41, 5.74) is 9.64. The summed E-state index contributed by atoms with van der Waals surface area (Å²) < 4.78 is 0. The first kappa shape index (κ1) is 15.9. The summed E-state index contributed by atoms with van der Waals surface area (Å²) in [5, 5.41) is 1.34. The number of halogens is 1. The average molecular weight is 351 g/mol. The van der Waals surface area contributed by atoms with Gasteiger partial charge < -0.3 is 0 Å². The molecule has 0 nitrogen and oxygen atoms in total. The number of rotatable bonds is 2. The van der Waals surface area contributed by atoms with Crippen molar-refractivity contribution in [1.82, 2.24) is 0 Å². The predicted molar refractivity (Wildman–Crippen MR) is 107 cm³/mol. The minimum absolute atomic E-state index is 0.272. The summed E-state index contributed by atoms with van der Waals surface area (Å²) in [5.74, 6) is 0. The molecule has 1 atom stereocenters. The summed E-state index contributed by atoms with van der Waals surface area (Å²) in [6.07, 6.45) is 0. The molecule has 3 aromatic carbocycles. The lowest BCUT2D eigenvalue weighted by atomic mass is 10.1. The van der Waals surface area contributed by atoms with Crippen LogP contribution < -0.4 is 5.30 Å². The van der Waals surface area contributed by atoms with Gasteiger partial charge in [0.05, 0.1) is 0 Å². The van der Waals surface area contributed by atoms with E-state index in [1.807, 2.05) is 0 Å². The van der Waals surface area contributed by atoms with E-state index in [2.05, 4.69) is 81.4 Å². The largest absolute Gasteiger partial charge is 0.0901 e. The highest BCUT2D eigenvalue weighted by Crippen LogP contribution is 2.64. The zero-order valence-electron chi connectivity index (χ0n) is 14.2.